The van der Waals surface area contributed by atoms with Gasteiger partial charge in [-0.25, -0.2) is 4.99 Å². The third kappa shape index (κ3) is 2.96. The third-order valence-corrected chi connectivity index (χ3v) is 4.94. The van der Waals surface area contributed by atoms with E-state index in [1.165, 1.54) is 0 Å². The van der Waals surface area contributed by atoms with Crippen molar-refractivity contribution in [2.75, 3.05) is 0 Å². The lowest BCUT2D eigenvalue weighted by molar-refractivity contribution is 0.627. The van der Waals surface area contributed by atoms with E-state index in [1.54, 1.807) is 11.5 Å². The minimum absolute atomic E-state index is 0.312. The highest BCUT2D eigenvalue weighted by molar-refractivity contribution is 7.71. The summed E-state index contributed by atoms with van der Waals surface area (Å²) in [6, 6.07) is 20.4. The highest BCUT2D eigenvalue weighted by Gasteiger charge is 2.10. The first-order valence-electron chi connectivity index (χ1n) is 7.17. The lowest BCUT2D eigenvalue weighted by atomic mass is 10.3. The second kappa shape index (κ2) is 6.42. The maximum absolute atomic E-state index is 5.66. The molecule has 0 atom stereocenters. The molecule has 0 amide bonds. The van der Waals surface area contributed by atoms with Gasteiger partial charge in [0.25, 0.3) is 0 Å². The van der Waals surface area contributed by atoms with Gasteiger partial charge in [-0.1, -0.05) is 36.4 Å². The molecule has 0 spiro atoms. The maximum Gasteiger partial charge on any atom is 0.213 e. The van der Waals surface area contributed by atoms with Crippen LogP contribution in [0.25, 0.3) is 5.69 Å². The zero-order valence-corrected chi connectivity index (χ0v) is 14.1. The van der Waals surface area contributed by atoms with Gasteiger partial charge in [-0.3, -0.25) is 8.52 Å². The minimum Gasteiger partial charge on any atom is -0.268 e. The van der Waals surface area contributed by atoms with Crippen molar-refractivity contribution < 1.29 is 0 Å². The summed E-state index contributed by atoms with van der Waals surface area (Å²) in [5.41, 5.74) is 1.97. The van der Waals surface area contributed by atoms with Crippen LogP contribution in [0, 0.1) is 4.77 Å². The molecule has 2 aromatic carbocycles. The maximum atomic E-state index is 5.66. The van der Waals surface area contributed by atoms with Gasteiger partial charge in [0, 0.05) is 6.04 Å². The number of aromatic nitrogens is 2. The minimum atomic E-state index is 0.312. The van der Waals surface area contributed by atoms with Gasteiger partial charge in [0.15, 0.2) is 4.77 Å². The molecule has 0 aliphatic carbocycles. The van der Waals surface area contributed by atoms with Crippen molar-refractivity contribution in [3.05, 3.63) is 70.2 Å². The lowest BCUT2D eigenvalue weighted by Crippen LogP contribution is -2.12. The van der Waals surface area contributed by atoms with Crippen LogP contribution in [-0.2, 0) is 0 Å². The standard InChI is InChI=1S/C17H17N3S2/c1-13(2)20-17(21)19(15-11-7-4-8-12-15)16(22-20)18-14-9-5-3-6-10-14/h3-13H,1-2H3. The van der Waals surface area contributed by atoms with Crippen LogP contribution in [-0.4, -0.2) is 8.52 Å². The Morgan fingerprint density at radius 3 is 2.14 bits per heavy atom. The number of nitrogens with zero attached hydrogens (tertiary/aromatic N) is 3. The Kier molecular flexibility index (Phi) is 4.36. The van der Waals surface area contributed by atoms with E-state index < -0.39 is 0 Å². The van der Waals surface area contributed by atoms with E-state index in [0.29, 0.717) is 6.04 Å². The molecule has 1 heterocycles. The summed E-state index contributed by atoms with van der Waals surface area (Å²) in [4.78, 5) is 5.66. The van der Waals surface area contributed by atoms with Crippen molar-refractivity contribution in [3.63, 3.8) is 0 Å². The van der Waals surface area contributed by atoms with E-state index in [0.717, 1.165) is 20.9 Å². The first kappa shape index (κ1) is 14.9. The fourth-order valence-corrected chi connectivity index (χ4v) is 3.69. The highest BCUT2D eigenvalue weighted by Crippen LogP contribution is 2.15. The van der Waals surface area contributed by atoms with E-state index >= 15 is 0 Å². The molecule has 1 aromatic heterocycles. The van der Waals surface area contributed by atoms with Crippen LogP contribution < -0.4 is 4.80 Å². The summed E-state index contributed by atoms with van der Waals surface area (Å²) >= 11 is 7.26. The lowest BCUT2D eigenvalue weighted by Gasteiger charge is -2.05. The molecule has 3 aromatic rings. The molecule has 0 radical (unpaired) electrons. The van der Waals surface area contributed by atoms with Crippen molar-refractivity contribution in [1.29, 1.82) is 0 Å². The summed E-state index contributed by atoms with van der Waals surface area (Å²) in [7, 11) is 0. The van der Waals surface area contributed by atoms with Crippen LogP contribution >= 0.6 is 23.8 Å². The largest absolute Gasteiger partial charge is 0.268 e. The first-order chi connectivity index (χ1) is 10.7. The Morgan fingerprint density at radius 2 is 1.55 bits per heavy atom. The van der Waals surface area contributed by atoms with Crippen LogP contribution in [0.1, 0.15) is 19.9 Å². The molecule has 0 aliphatic rings. The SMILES string of the molecule is CC(C)n1sc(=Nc2ccccc2)n(-c2ccccc2)c1=S. The van der Waals surface area contributed by atoms with Gasteiger partial charge in [-0.15, -0.1) is 0 Å². The van der Waals surface area contributed by atoms with Gasteiger partial charge in [-0.05, 0) is 61.9 Å². The molecule has 0 fully saturated rings. The molecule has 112 valence electrons. The molecule has 0 N–H and O–H groups in total. The van der Waals surface area contributed by atoms with Crippen molar-refractivity contribution in [1.82, 2.24) is 8.52 Å². The molecular formula is C17H17N3S2. The Balaban J connectivity index is 2.28. The fraction of sp³-hybridized carbons (Fsp3) is 0.176. The van der Waals surface area contributed by atoms with Gasteiger partial charge in [0.2, 0.25) is 4.80 Å². The zero-order valence-electron chi connectivity index (χ0n) is 12.5. The number of rotatable bonds is 3. The van der Waals surface area contributed by atoms with E-state index in [9.17, 15) is 0 Å². The Labute approximate surface area is 139 Å². The van der Waals surface area contributed by atoms with Crippen LogP contribution in [0.5, 0.6) is 0 Å². The van der Waals surface area contributed by atoms with Gasteiger partial charge < -0.3 is 0 Å². The molecule has 0 unspecified atom stereocenters. The van der Waals surface area contributed by atoms with E-state index in [2.05, 4.69) is 29.9 Å². The third-order valence-electron chi connectivity index (χ3n) is 3.22. The number of benzene rings is 2. The zero-order chi connectivity index (χ0) is 15.5. The molecule has 3 nitrogen and oxygen atoms in total. The smallest absolute Gasteiger partial charge is 0.213 e. The summed E-state index contributed by atoms with van der Waals surface area (Å²) in [6.07, 6.45) is 0. The summed E-state index contributed by atoms with van der Waals surface area (Å²) < 4.78 is 4.93. The van der Waals surface area contributed by atoms with Crippen molar-refractivity contribution in [2.24, 2.45) is 4.99 Å². The van der Waals surface area contributed by atoms with Crippen molar-refractivity contribution >= 4 is 29.4 Å². The normalized spacial score (nSPS) is 12.0. The second-order valence-corrected chi connectivity index (χ2v) is 6.50. The van der Waals surface area contributed by atoms with Gasteiger partial charge >= 0.3 is 0 Å². The number of hydrogen-bond acceptors (Lipinski definition) is 3. The van der Waals surface area contributed by atoms with Crippen molar-refractivity contribution in [2.45, 2.75) is 19.9 Å². The second-order valence-electron chi connectivity index (χ2n) is 5.19. The van der Waals surface area contributed by atoms with E-state index in [-0.39, 0.29) is 0 Å². The topological polar surface area (TPSA) is 22.2 Å². The molecule has 0 saturated heterocycles. The molecule has 0 bridgehead atoms. The van der Waals surface area contributed by atoms with Crippen LogP contribution in [0.3, 0.4) is 0 Å². The Bertz CT molecular complexity index is 872. The highest BCUT2D eigenvalue weighted by atomic mass is 32.1. The van der Waals surface area contributed by atoms with Crippen LogP contribution in [0.4, 0.5) is 5.69 Å². The number of para-hydroxylation sites is 2. The monoisotopic (exact) mass is 327 g/mol. The van der Waals surface area contributed by atoms with E-state index in [1.807, 2.05) is 53.1 Å². The molecule has 0 saturated carbocycles. The Hall–Kier alpha value is -1.98. The van der Waals surface area contributed by atoms with Crippen LogP contribution in [0.15, 0.2) is 65.7 Å². The average molecular weight is 327 g/mol. The van der Waals surface area contributed by atoms with Gasteiger partial charge in [0.05, 0.1) is 11.4 Å². The molecule has 0 aliphatic heterocycles. The quantitative estimate of drug-likeness (QED) is 0.628. The molecule has 5 heteroatoms. The van der Waals surface area contributed by atoms with Crippen LogP contribution in [0.2, 0.25) is 0 Å². The fourth-order valence-electron chi connectivity index (χ4n) is 2.16. The number of hydrogen-bond donors (Lipinski definition) is 0. The Morgan fingerprint density at radius 1 is 0.955 bits per heavy atom. The van der Waals surface area contributed by atoms with Gasteiger partial charge in [0.1, 0.15) is 0 Å². The summed E-state index contributed by atoms with van der Waals surface area (Å²) in [6.45, 7) is 4.27. The molecule has 22 heavy (non-hydrogen) atoms. The van der Waals surface area contributed by atoms with Crippen molar-refractivity contribution in [3.8, 4) is 5.69 Å². The summed E-state index contributed by atoms with van der Waals surface area (Å²) in [5.74, 6) is 0. The predicted molar refractivity (Wildman–Crippen MR) is 94.5 cm³/mol. The summed E-state index contributed by atoms with van der Waals surface area (Å²) in [5, 5.41) is 0. The molecular weight excluding hydrogens is 310 g/mol. The van der Waals surface area contributed by atoms with Gasteiger partial charge in [-0.2, -0.15) is 0 Å². The molecule has 3 rings (SSSR count). The first-order valence-corrected chi connectivity index (χ1v) is 8.35. The van der Waals surface area contributed by atoms with E-state index in [4.69, 9.17) is 17.2 Å². The predicted octanol–water partition coefficient (Wildman–Crippen LogP) is 4.88. The average Bonchev–Trinajstić information content (AvgIpc) is 2.86.